The fourth-order valence-corrected chi connectivity index (χ4v) is 2.87. The van der Waals surface area contributed by atoms with Gasteiger partial charge in [-0.05, 0) is 38.3 Å². The third kappa shape index (κ3) is 6.75. The van der Waals surface area contributed by atoms with Gasteiger partial charge in [-0.3, -0.25) is 9.59 Å². The summed E-state index contributed by atoms with van der Waals surface area (Å²) in [5.41, 5.74) is 1.19. The molecule has 1 N–H and O–H groups in total. The Hall–Kier alpha value is -1.46. The zero-order valence-electron chi connectivity index (χ0n) is 14.3. The average Bonchev–Trinajstić information content (AvgIpc) is 2.60. The second kappa shape index (κ2) is 9.88. The molecular weight excluding hydrogens is 363 g/mol. The van der Waals surface area contributed by atoms with E-state index in [2.05, 4.69) is 5.32 Å². The minimum Gasteiger partial charge on any atom is -0.494 e. The standard InChI is InChI=1S/C18H24Cl2N2O3/c1-13-4-6-15(7-5-13)25-12-2-3-16(23)22-10-8-14(9-11-22)21-18(24)17(19)20/h4-7,14,17H,2-3,8-12H2,1H3,(H,21,24). The number of nitrogens with one attached hydrogen (secondary N) is 1. The third-order valence-corrected chi connectivity index (χ3v) is 4.61. The number of benzene rings is 1. The lowest BCUT2D eigenvalue weighted by atomic mass is 10.0. The van der Waals surface area contributed by atoms with Crippen LogP contribution in [-0.4, -0.2) is 47.3 Å². The maximum Gasteiger partial charge on any atom is 0.253 e. The number of aryl methyl sites for hydroxylation is 1. The second-order valence-corrected chi connectivity index (χ2v) is 7.33. The Kier molecular flexibility index (Phi) is 7.85. The topological polar surface area (TPSA) is 58.6 Å². The fraction of sp³-hybridized carbons (Fsp3) is 0.556. The maximum absolute atomic E-state index is 12.2. The molecule has 0 unspecified atom stereocenters. The molecule has 1 heterocycles. The number of ether oxygens (including phenoxy) is 1. The highest BCUT2D eigenvalue weighted by Crippen LogP contribution is 2.15. The first kappa shape index (κ1) is 19.9. The van der Waals surface area contributed by atoms with Gasteiger partial charge in [-0.1, -0.05) is 40.9 Å². The van der Waals surface area contributed by atoms with E-state index in [1.54, 1.807) is 0 Å². The van der Waals surface area contributed by atoms with E-state index in [4.69, 9.17) is 27.9 Å². The molecule has 1 aromatic rings. The highest BCUT2D eigenvalue weighted by atomic mass is 35.5. The Morgan fingerprint density at radius 2 is 1.88 bits per heavy atom. The van der Waals surface area contributed by atoms with Crippen LogP contribution in [0.25, 0.3) is 0 Å². The van der Waals surface area contributed by atoms with Gasteiger partial charge in [-0.25, -0.2) is 0 Å². The van der Waals surface area contributed by atoms with Crippen LogP contribution in [0.15, 0.2) is 24.3 Å². The van der Waals surface area contributed by atoms with Gasteiger partial charge in [-0.2, -0.15) is 0 Å². The van der Waals surface area contributed by atoms with Crippen molar-refractivity contribution in [2.24, 2.45) is 0 Å². The van der Waals surface area contributed by atoms with Crippen LogP contribution in [-0.2, 0) is 9.59 Å². The molecule has 7 heteroatoms. The van der Waals surface area contributed by atoms with Crippen LogP contribution in [0, 0.1) is 6.92 Å². The monoisotopic (exact) mass is 386 g/mol. The van der Waals surface area contributed by atoms with Crippen molar-refractivity contribution < 1.29 is 14.3 Å². The summed E-state index contributed by atoms with van der Waals surface area (Å²) in [6, 6.07) is 7.90. The molecule has 0 radical (unpaired) electrons. The predicted molar refractivity (Wildman–Crippen MR) is 99.1 cm³/mol. The minimum absolute atomic E-state index is 0.0291. The van der Waals surface area contributed by atoms with E-state index in [0.717, 1.165) is 18.6 Å². The Bertz CT molecular complexity index is 570. The van der Waals surface area contributed by atoms with E-state index in [-0.39, 0.29) is 17.9 Å². The maximum atomic E-state index is 12.2. The van der Waals surface area contributed by atoms with Crippen LogP contribution < -0.4 is 10.1 Å². The highest BCUT2D eigenvalue weighted by molar-refractivity contribution is 6.53. The molecule has 0 aliphatic carbocycles. The molecule has 0 atom stereocenters. The Balaban J connectivity index is 1.62. The Labute approximate surface area is 158 Å². The number of nitrogens with zero attached hydrogens (tertiary/aromatic N) is 1. The van der Waals surface area contributed by atoms with Gasteiger partial charge in [0, 0.05) is 25.6 Å². The summed E-state index contributed by atoms with van der Waals surface area (Å²) in [7, 11) is 0. The number of likely N-dealkylation sites (tertiary alicyclic amines) is 1. The molecule has 1 aromatic carbocycles. The number of rotatable bonds is 7. The van der Waals surface area contributed by atoms with Gasteiger partial charge in [0.05, 0.1) is 6.61 Å². The van der Waals surface area contributed by atoms with E-state index < -0.39 is 4.84 Å². The number of halogens is 2. The number of carbonyl (C=O) groups is 2. The summed E-state index contributed by atoms with van der Waals surface area (Å²) in [4.78, 5) is 24.5. The third-order valence-electron chi connectivity index (χ3n) is 4.22. The van der Waals surface area contributed by atoms with Crippen molar-refractivity contribution in [3.8, 4) is 5.75 Å². The molecule has 0 aromatic heterocycles. The van der Waals surface area contributed by atoms with Crippen molar-refractivity contribution >= 4 is 35.0 Å². The van der Waals surface area contributed by atoms with Gasteiger partial charge in [0.25, 0.3) is 5.91 Å². The number of hydrogen-bond donors (Lipinski definition) is 1. The van der Waals surface area contributed by atoms with Crippen LogP contribution in [0.1, 0.15) is 31.2 Å². The lowest BCUT2D eigenvalue weighted by molar-refractivity contribution is -0.132. The predicted octanol–water partition coefficient (Wildman–Crippen LogP) is 3.06. The van der Waals surface area contributed by atoms with Gasteiger partial charge in [0.1, 0.15) is 5.75 Å². The minimum atomic E-state index is -1.05. The largest absolute Gasteiger partial charge is 0.494 e. The molecule has 1 saturated heterocycles. The molecular formula is C18H24Cl2N2O3. The normalized spacial score (nSPS) is 15.3. The zero-order valence-corrected chi connectivity index (χ0v) is 15.9. The number of hydrogen-bond acceptors (Lipinski definition) is 3. The molecule has 5 nitrogen and oxygen atoms in total. The van der Waals surface area contributed by atoms with E-state index in [1.165, 1.54) is 5.56 Å². The van der Waals surface area contributed by atoms with Crippen LogP contribution in [0.2, 0.25) is 0 Å². The summed E-state index contributed by atoms with van der Waals surface area (Å²) in [6.07, 6.45) is 2.59. The number of piperidine rings is 1. The molecule has 1 aliphatic rings. The Morgan fingerprint density at radius 1 is 1.24 bits per heavy atom. The molecule has 2 amide bonds. The summed E-state index contributed by atoms with van der Waals surface area (Å²) in [5.74, 6) is 0.581. The van der Waals surface area contributed by atoms with Crippen molar-refractivity contribution in [1.29, 1.82) is 0 Å². The van der Waals surface area contributed by atoms with E-state index in [1.807, 2.05) is 36.1 Å². The quantitative estimate of drug-likeness (QED) is 0.578. The Morgan fingerprint density at radius 3 is 2.48 bits per heavy atom. The molecule has 138 valence electrons. The first-order valence-corrected chi connectivity index (χ1v) is 9.39. The summed E-state index contributed by atoms with van der Waals surface area (Å²) in [5, 5.41) is 2.79. The van der Waals surface area contributed by atoms with Gasteiger partial charge in [0.15, 0.2) is 4.84 Å². The summed E-state index contributed by atoms with van der Waals surface area (Å²) in [6.45, 7) is 3.82. The highest BCUT2D eigenvalue weighted by Gasteiger charge is 2.24. The van der Waals surface area contributed by atoms with E-state index in [9.17, 15) is 9.59 Å². The molecule has 1 fully saturated rings. The lowest BCUT2D eigenvalue weighted by Crippen LogP contribution is -2.47. The first-order valence-electron chi connectivity index (χ1n) is 8.51. The number of alkyl halides is 2. The van der Waals surface area contributed by atoms with Crippen molar-refractivity contribution in [2.45, 2.75) is 43.5 Å². The second-order valence-electron chi connectivity index (χ2n) is 6.23. The summed E-state index contributed by atoms with van der Waals surface area (Å²) < 4.78 is 5.64. The number of amides is 2. The van der Waals surface area contributed by atoms with Gasteiger partial charge < -0.3 is 15.0 Å². The smallest absolute Gasteiger partial charge is 0.253 e. The average molecular weight is 387 g/mol. The molecule has 0 spiro atoms. The first-order chi connectivity index (χ1) is 12.0. The molecule has 0 saturated carbocycles. The lowest BCUT2D eigenvalue weighted by Gasteiger charge is -2.32. The molecule has 2 rings (SSSR count). The van der Waals surface area contributed by atoms with Gasteiger partial charge in [0.2, 0.25) is 5.91 Å². The molecule has 25 heavy (non-hydrogen) atoms. The van der Waals surface area contributed by atoms with Crippen molar-refractivity contribution in [2.75, 3.05) is 19.7 Å². The molecule has 1 aliphatic heterocycles. The van der Waals surface area contributed by atoms with Crippen LogP contribution in [0.4, 0.5) is 0 Å². The van der Waals surface area contributed by atoms with Crippen molar-refractivity contribution in [3.63, 3.8) is 0 Å². The van der Waals surface area contributed by atoms with Gasteiger partial charge >= 0.3 is 0 Å². The van der Waals surface area contributed by atoms with Crippen LogP contribution in [0.3, 0.4) is 0 Å². The van der Waals surface area contributed by atoms with Gasteiger partial charge in [-0.15, -0.1) is 0 Å². The van der Waals surface area contributed by atoms with Crippen LogP contribution >= 0.6 is 23.2 Å². The van der Waals surface area contributed by atoms with Crippen LogP contribution in [0.5, 0.6) is 5.75 Å². The fourth-order valence-electron chi connectivity index (χ4n) is 2.74. The number of carbonyl (C=O) groups excluding carboxylic acids is 2. The van der Waals surface area contributed by atoms with Crippen molar-refractivity contribution in [3.05, 3.63) is 29.8 Å². The van der Waals surface area contributed by atoms with E-state index in [0.29, 0.717) is 32.5 Å². The summed E-state index contributed by atoms with van der Waals surface area (Å²) >= 11 is 11.1. The molecule has 0 bridgehead atoms. The van der Waals surface area contributed by atoms with E-state index >= 15 is 0 Å². The van der Waals surface area contributed by atoms with Crippen molar-refractivity contribution in [1.82, 2.24) is 10.2 Å². The zero-order chi connectivity index (χ0) is 18.2. The SMILES string of the molecule is Cc1ccc(OCCCC(=O)N2CCC(NC(=O)C(Cl)Cl)CC2)cc1.